The van der Waals surface area contributed by atoms with Gasteiger partial charge in [-0.2, -0.15) is 0 Å². The summed E-state index contributed by atoms with van der Waals surface area (Å²) in [5.41, 5.74) is 1.85. The molecule has 1 amide bonds. The molecule has 0 fully saturated rings. The van der Waals surface area contributed by atoms with Gasteiger partial charge in [0.15, 0.2) is 10.9 Å². The Hall–Kier alpha value is -2.10. The van der Waals surface area contributed by atoms with Gasteiger partial charge in [0.1, 0.15) is 4.70 Å². The first-order valence-corrected chi connectivity index (χ1v) is 11.6. The first kappa shape index (κ1) is 20.6. The third-order valence-electron chi connectivity index (χ3n) is 4.01. The number of carbonyl (C=O) groups excluding carboxylic acids is 2. The molecule has 1 N–H and O–H groups in total. The van der Waals surface area contributed by atoms with Gasteiger partial charge in [-0.3, -0.25) is 19.0 Å². The lowest BCUT2D eigenvalue weighted by atomic mass is 10.1. The van der Waals surface area contributed by atoms with Gasteiger partial charge in [-0.25, -0.2) is 4.98 Å². The highest BCUT2D eigenvalue weighted by molar-refractivity contribution is 7.99. The maximum atomic E-state index is 12.7. The molecule has 0 unspecified atom stereocenters. The minimum absolute atomic E-state index is 0.0583. The molecule has 9 heteroatoms. The summed E-state index contributed by atoms with van der Waals surface area (Å²) >= 11 is 4.11. The van der Waals surface area contributed by atoms with Crippen LogP contribution in [0.15, 0.2) is 44.5 Å². The molecule has 0 radical (unpaired) electrons. The van der Waals surface area contributed by atoms with Crippen molar-refractivity contribution < 1.29 is 9.59 Å². The summed E-state index contributed by atoms with van der Waals surface area (Å²) < 4.78 is 2.24. The predicted octanol–water partition coefficient (Wildman–Crippen LogP) is 4.13. The van der Waals surface area contributed by atoms with Crippen molar-refractivity contribution in [2.45, 2.75) is 30.4 Å². The predicted molar refractivity (Wildman–Crippen MR) is 117 cm³/mol. The molecule has 146 valence electrons. The second-order valence-corrected chi connectivity index (χ2v) is 8.59. The van der Waals surface area contributed by atoms with E-state index in [4.69, 9.17) is 0 Å². The smallest absolute Gasteiger partial charge is 0.272 e. The number of thiophene rings is 1. The van der Waals surface area contributed by atoms with Gasteiger partial charge in [-0.15, -0.1) is 23.1 Å². The van der Waals surface area contributed by atoms with Crippen molar-refractivity contribution in [3.8, 4) is 0 Å². The van der Waals surface area contributed by atoms with E-state index in [2.05, 4.69) is 10.3 Å². The number of benzene rings is 1. The fourth-order valence-corrected chi connectivity index (χ4v) is 5.00. The topological polar surface area (TPSA) is 81.1 Å². The van der Waals surface area contributed by atoms with Gasteiger partial charge < -0.3 is 5.32 Å². The van der Waals surface area contributed by atoms with Crippen LogP contribution in [0.5, 0.6) is 0 Å². The van der Waals surface area contributed by atoms with Crippen molar-refractivity contribution in [2.75, 3.05) is 17.3 Å². The van der Waals surface area contributed by atoms with Crippen molar-refractivity contribution in [2.24, 2.45) is 0 Å². The van der Waals surface area contributed by atoms with E-state index in [0.717, 1.165) is 4.90 Å². The van der Waals surface area contributed by atoms with E-state index in [9.17, 15) is 14.4 Å². The van der Waals surface area contributed by atoms with Crippen molar-refractivity contribution in [3.05, 3.63) is 45.6 Å². The minimum Gasteiger partial charge on any atom is -0.325 e. The van der Waals surface area contributed by atoms with Gasteiger partial charge in [0, 0.05) is 23.9 Å². The van der Waals surface area contributed by atoms with Gasteiger partial charge in [-0.05, 0) is 42.8 Å². The standard InChI is InChI=1S/C19H19N3O3S3/c1-4-22-18(25)17-14(7-8-27-17)21-19(22)28-10-15(24)12-5-6-13(20-11(2)23)16(9-12)26-3/h5-9H,4,10H2,1-3H3,(H,20,23). The van der Waals surface area contributed by atoms with Gasteiger partial charge in [-0.1, -0.05) is 11.8 Å². The molecule has 0 saturated carbocycles. The monoisotopic (exact) mass is 433 g/mol. The number of ketones is 1. The molecule has 28 heavy (non-hydrogen) atoms. The van der Waals surface area contributed by atoms with Crippen LogP contribution in [-0.2, 0) is 11.3 Å². The SMILES string of the molecule is CCn1c(SCC(=O)c2ccc(NC(C)=O)c(SC)c2)nc2ccsc2c1=O. The summed E-state index contributed by atoms with van der Waals surface area (Å²) in [5, 5.41) is 5.16. The van der Waals surface area contributed by atoms with Crippen LogP contribution in [-0.4, -0.2) is 33.3 Å². The number of thioether (sulfide) groups is 2. The highest BCUT2D eigenvalue weighted by Crippen LogP contribution is 2.28. The van der Waals surface area contributed by atoms with Crippen LogP contribution in [0.3, 0.4) is 0 Å². The van der Waals surface area contributed by atoms with Gasteiger partial charge in [0.2, 0.25) is 5.91 Å². The second kappa shape index (κ2) is 8.93. The number of Topliss-reactive ketones (excluding diaryl/α,β-unsaturated/α-hetero) is 1. The Morgan fingerprint density at radius 3 is 2.75 bits per heavy atom. The summed E-state index contributed by atoms with van der Waals surface area (Å²) in [6.07, 6.45) is 1.89. The van der Waals surface area contributed by atoms with E-state index >= 15 is 0 Å². The average Bonchev–Trinajstić information content (AvgIpc) is 3.15. The molecule has 3 rings (SSSR count). The number of aromatic nitrogens is 2. The first-order chi connectivity index (χ1) is 13.4. The summed E-state index contributed by atoms with van der Waals surface area (Å²) in [5.74, 6) is -0.0376. The maximum absolute atomic E-state index is 12.7. The Kier molecular flexibility index (Phi) is 6.58. The second-order valence-electron chi connectivity index (χ2n) is 5.89. The Bertz CT molecular complexity index is 1100. The van der Waals surface area contributed by atoms with Crippen molar-refractivity contribution >= 4 is 62.5 Å². The molecular formula is C19H19N3O3S3. The van der Waals surface area contributed by atoms with Crippen LogP contribution in [0.25, 0.3) is 10.2 Å². The number of rotatable bonds is 7. The number of hydrogen-bond donors (Lipinski definition) is 1. The fraction of sp³-hybridized carbons (Fsp3) is 0.263. The lowest BCUT2D eigenvalue weighted by Crippen LogP contribution is -2.22. The van der Waals surface area contributed by atoms with E-state index in [-0.39, 0.29) is 23.0 Å². The summed E-state index contributed by atoms with van der Waals surface area (Å²) in [4.78, 5) is 41.9. The summed E-state index contributed by atoms with van der Waals surface area (Å²) in [6, 6.07) is 7.04. The number of nitrogens with zero attached hydrogens (tertiary/aromatic N) is 2. The van der Waals surface area contributed by atoms with Gasteiger partial charge >= 0.3 is 0 Å². The molecule has 0 spiro atoms. The number of fused-ring (bicyclic) bond motifs is 1. The lowest BCUT2D eigenvalue weighted by Gasteiger charge is -2.11. The number of anilines is 1. The fourth-order valence-electron chi connectivity index (χ4n) is 2.68. The highest BCUT2D eigenvalue weighted by Gasteiger charge is 2.15. The molecule has 3 aromatic rings. The van der Waals surface area contributed by atoms with Crippen molar-refractivity contribution in [1.29, 1.82) is 0 Å². The molecule has 6 nitrogen and oxygen atoms in total. The largest absolute Gasteiger partial charge is 0.325 e. The van der Waals surface area contributed by atoms with Crippen molar-refractivity contribution in [3.63, 3.8) is 0 Å². The van der Waals surface area contributed by atoms with E-state index in [1.54, 1.807) is 22.8 Å². The summed E-state index contributed by atoms with van der Waals surface area (Å²) in [7, 11) is 0. The molecule has 0 aliphatic heterocycles. The zero-order valence-corrected chi connectivity index (χ0v) is 18.1. The zero-order valence-electron chi connectivity index (χ0n) is 15.6. The number of nitrogens with one attached hydrogen (secondary N) is 1. The van der Waals surface area contributed by atoms with Crippen LogP contribution < -0.4 is 10.9 Å². The number of amides is 1. The Labute approximate surface area is 174 Å². The molecule has 0 bridgehead atoms. The third-order valence-corrected chi connectivity index (χ3v) is 6.66. The molecule has 2 aromatic heterocycles. The van der Waals surface area contributed by atoms with E-state index in [0.29, 0.717) is 33.2 Å². The van der Waals surface area contributed by atoms with E-state index in [1.807, 2.05) is 24.6 Å². The molecule has 0 aliphatic rings. The normalized spacial score (nSPS) is 11.0. The first-order valence-electron chi connectivity index (χ1n) is 8.54. The lowest BCUT2D eigenvalue weighted by molar-refractivity contribution is -0.114. The molecule has 2 heterocycles. The Morgan fingerprint density at radius 1 is 1.29 bits per heavy atom. The molecule has 0 saturated heterocycles. The molecule has 0 atom stereocenters. The maximum Gasteiger partial charge on any atom is 0.272 e. The third kappa shape index (κ3) is 4.31. The Morgan fingerprint density at radius 2 is 2.07 bits per heavy atom. The Balaban J connectivity index is 1.82. The van der Waals surface area contributed by atoms with E-state index in [1.165, 1.54) is 41.8 Å². The average molecular weight is 434 g/mol. The van der Waals surface area contributed by atoms with Crippen LogP contribution in [0.2, 0.25) is 0 Å². The molecule has 1 aromatic carbocycles. The summed E-state index contributed by atoms with van der Waals surface area (Å²) in [6.45, 7) is 3.84. The van der Waals surface area contributed by atoms with Gasteiger partial charge in [0.05, 0.1) is 17.0 Å². The van der Waals surface area contributed by atoms with Crippen LogP contribution in [0, 0.1) is 0 Å². The number of hydrogen-bond acceptors (Lipinski definition) is 7. The number of carbonyl (C=O) groups is 2. The minimum atomic E-state index is -0.155. The van der Waals surface area contributed by atoms with Gasteiger partial charge in [0.25, 0.3) is 5.56 Å². The molecule has 0 aliphatic carbocycles. The molecular weight excluding hydrogens is 414 g/mol. The quantitative estimate of drug-likeness (QED) is 0.343. The van der Waals surface area contributed by atoms with E-state index < -0.39 is 0 Å². The van der Waals surface area contributed by atoms with Crippen molar-refractivity contribution in [1.82, 2.24) is 9.55 Å². The zero-order chi connectivity index (χ0) is 20.3. The van der Waals surface area contributed by atoms with Crippen LogP contribution in [0.4, 0.5) is 5.69 Å². The highest BCUT2D eigenvalue weighted by atomic mass is 32.2. The van der Waals surface area contributed by atoms with Crippen LogP contribution >= 0.6 is 34.9 Å². The van der Waals surface area contributed by atoms with Crippen LogP contribution in [0.1, 0.15) is 24.2 Å².